The van der Waals surface area contributed by atoms with Crippen LogP contribution in [0.5, 0.6) is 11.6 Å². The van der Waals surface area contributed by atoms with Crippen LogP contribution in [-0.2, 0) is 6.42 Å². The summed E-state index contributed by atoms with van der Waals surface area (Å²) in [5.74, 6) is 0.360. The van der Waals surface area contributed by atoms with Crippen LogP contribution < -0.4 is 10.3 Å². The molecular formula is C19H16ClFN2O3S. The van der Waals surface area contributed by atoms with Crippen LogP contribution >= 0.6 is 23.4 Å². The Hall–Kier alpha value is -2.51. The predicted octanol–water partition coefficient (Wildman–Crippen LogP) is 4.03. The summed E-state index contributed by atoms with van der Waals surface area (Å²) in [6.07, 6.45) is -0.0362. The van der Waals surface area contributed by atoms with E-state index in [0.717, 1.165) is 0 Å². The third kappa shape index (κ3) is 5.24. The topological polar surface area (TPSA) is 75.2 Å². The number of thioether (sulfide) groups is 1. The summed E-state index contributed by atoms with van der Waals surface area (Å²) in [5.41, 5.74) is -0.148. The van der Waals surface area contributed by atoms with Gasteiger partial charge in [-0.2, -0.15) is 4.98 Å². The Bertz CT molecular complexity index is 979. The second-order valence-electron chi connectivity index (χ2n) is 5.59. The predicted molar refractivity (Wildman–Crippen MR) is 103 cm³/mol. The van der Waals surface area contributed by atoms with E-state index < -0.39 is 17.3 Å². The van der Waals surface area contributed by atoms with Crippen molar-refractivity contribution in [3.8, 4) is 11.6 Å². The average Bonchev–Trinajstić information content (AvgIpc) is 2.65. The normalized spacial score (nSPS) is 10.7. The van der Waals surface area contributed by atoms with Crippen LogP contribution in [0, 0.1) is 5.82 Å². The third-order valence-electron chi connectivity index (χ3n) is 3.70. The van der Waals surface area contributed by atoms with Gasteiger partial charge in [-0.25, -0.2) is 4.39 Å². The zero-order chi connectivity index (χ0) is 19.2. The molecule has 0 radical (unpaired) electrons. The van der Waals surface area contributed by atoms with Gasteiger partial charge in [0.05, 0.1) is 12.2 Å². The number of hydrogen-bond donors (Lipinski definition) is 2. The van der Waals surface area contributed by atoms with Gasteiger partial charge in [-0.05, 0) is 35.9 Å². The minimum absolute atomic E-state index is 0.0295. The van der Waals surface area contributed by atoms with Crippen molar-refractivity contribution in [1.29, 1.82) is 0 Å². The van der Waals surface area contributed by atoms with Crippen molar-refractivity contribution in [3.63, 3.8) is 0 Å². The summed E-state index contributed by atoms with van der Waals surface area (Å²) in [6.45, 7) is 0.383. The Morgan fingerprint density at radius 1 is 1.19 bits per heavy atom. The molecule has 0 spiro atoms. The standard InChI is InChI=1S/C19H16ClFN2O3S/c20-13-5-7-14(8-6-13)26-9-10-27-19-22-17(24)15(18(25)23-19)11-12-3-1-2-4-16(12)21/h1-8H,9-11H2,(H2,22,23,24,25). The van der Waals surface area contributed by atoms with E-state index in [1.54, 1.807) is 42.5 Å². The Balaban J connectivity index is 1.60. The van der Waals surface area contributed by atoms with E-state index in [1.165, 1.54) is 17.8 Å². The molecule has 0 saturated heterocycles. The summed E-state index contributed by atoms with van der Waals surface area (Å²) in [5, 5.41) is 11.0. The van der Waals surface area contributed by atoms with E-state index >= 15 is 0 Å². The van der Waals surface area contributed by atoms with Crippen LogP contribution in [0.4, 0.5) is 4.39 Å². The van der Waals surface area contributed by atoms with Crippen molar-refractivity contribution in [2.45, 2.75) is 11.6 Å². The molecule has 3 aromatic rings. The summed E-state index contributed by atoms with van der Waals surface area (Å²) < 4.78 is 19.3. The molecule has 8 heteroatoms. The van der Waals surface area contributed by atoms with Gasteiger partial charge in [0.2, 0.25) is 5.88 Å². The molecule has 0 amide bonds. The van der Waals surface area contributed by atoms with Crippen LogP contribution in [0.1, 0.15) is 11.1 Å². The lowest BCUT2D eigenvalue weighted by Crippen LogP contribution is -2.16. The van der Waals surface area contributed by atoms with Crippen molar-refractivity contribution >= 4 is 23.4 Å². The van der Waals surface area contributed by atoms with E-state index in [4.69, 9.17) is 16.3 Å². The molecular weight excluding hydrogens is 391 g/mol. The number of aromatic amines is 1. The number of aromatic nitrogens is 2. The van der Waals surface area contributed by atoms with Gasteiger partial charge in [-0.1, -0.05) is 41.6 Å². The van der Waals surface area contributed by atoms with Crippen molar-refractivity contribution in [3.05, 3.63) is 80.9 Å². The second kappa shape index (κ2) is 8.92. The molecule has 0 aliphatic rings. The largest absolute Gasteiger partial charge is 0.493 e. The minimum atomic E-state index is -0.494. The lowest BCUT2D eigenvalue weighted by atomic mass is 10.1. The van der Waals surface area contributed by atoms with Crippen molar-refractivity contribution in [1.82, 2.24) is 9.97 Å². The second-order valence-corrected chi connectivity index (χ2v) is 7.11. The van der Waals surface area contributed by atoms with E-state index in [-0.39, 0.29) is 17.1 Å². The average molecular weight is 407 g/mol. The number of rotatable bonds is 7. The maximum atomic E-state index is 13.7. The Kier molecular flexibility index (Phi) is 6.36. The fourth-order valence-electron chi connectivity index (χ4n) is 2.35. The fourth-order valence-corrected chi connectivity index (χ4v) is 3.16. The van der Waals surface area contributed by atoms with Crippen LogP contribution in [0.2, 0.25) is 5.02 Å². The summed E-state index contributed by atoms with van der Waals surface area (Å²) >= 11 is 7.05. The highest BCUT2D eigenvalue weighted by Crippen LogP contribution is 2.20. The number of nitrogens with one attached hydrogen (secondary N) is 1. The van der Waals surface area contributed by atoms with Crippen LogP contribution in [0.3, 0.4) is 0 Å². The molecule has 1 heterocycles. The highest BCUT2D eigenvalue weighted by atomic mass is 35.5. The molecule has 0 bridgehead atoms. The molecule has 0 fully saturated rings. The van der Waals surface area contributed by atoms with Gasteiger partial charge in [0.25, 0.3) is 5.56 Å². The van der Waals surface area contributed by atoms with Gasteiger partial charge in [0.15, 0.2) is 5.16 Å². The molecule has 140 valence electrons. The molecule has 1 aromatic heterocycles. The number of aromatic hydroxyl groups is 1. The van der Waals surface area contributed by atoms with Gasteiger partial charge in [-0.3, -0.25) is 4.79 Å². The zero-order valence-electron chi connectivity index (χ0n) is 14.1. The highest BCUT2D eigenvalue weighted by molar-refractivity contribution is 7.99. The molecule has 0 aliphatic carbocycles. The van der Waals surface area contributed by atoms with Crippen LogP contribution in [-0.4, -0.2) is 27.4 Å². The first-order valence-corrected chi connectivity index (χ1v) is 9.46. The van der Waals surface area contributed by atoms with Gasteiger partial charge in [0, 0.05) is 17.2 Å². The fraction of sp³-hybridized carbons (Fsp3) is 0.158. The molecule has 0 unspecified atom stereocenters. The Morgan fingerprint density at radius 2 is 1.93 bits per heavy atom. The van der Waals surface area contributed by atoms with Gasteiger partial charge in [0.1, 0.15) is 11.6 Å². The maximum absolute atomic E-state index is 13.7. The van der Waals surface area contributed by atoms with E-state index in [0.29, 0.717) is 28.7 Å². The molecule has 0 saturated carbocycles. The number of benzene rings is 2. The van der Waals surface area contributed by atoms with Crippen molar-refractivity contribution in [2.24, 2.45) is 0 Å². The Labute approximate surface area is 164 Å². The molecule has 5 nitrogen and oxygen atoms in total. The first kappa shape index (κ1) is 19.3. The summed E-state index contributed by atoms with van der Waals surface area (Å²) in [6, 6.07) is 13.1. The number of hydrogen-bond acceptors (Lipinski definition) is 5. The quantitative estimate of drug-likeness (QED) is 0.352. The smallest absolute Gasteiger partial charge is 0.258 e. The molecule has 0 aliphatic heterocycles. The van der Waals surface area contributed by atoms with Gasteiger partial charge in [-0.15, -0.1) is 0 Å². The number of nitrogens with zero attached hydrogens (tertiary/aromatic N) is 1. The van der Waals surface area contributed by atoms with E-state index in [2.05, 4.69) is 9.97 Å². The number of halogens is 2. The SMILES string of the molecule is O=c1[nH]c(SCCOc2ccc(Cl)cc2)nc(O)c1Cc1ccccc1F. The maximum Gasteiger partial charge on any atom is 0.258 e. The van der Waals surface area contributed by atoms with E-state index in [9.17, 15) is 14.3 Å². The van der Waals surface area contributed by atoms with Crippen molar-refractivity contribution in [2.75, 3.05) is 12.4 Å². The summed E-state index contributed by atoms with van der Waals surface area (Å²) in [4.78, 5) is 18.8. The van der Waals surface area contributed by atoms with Crippen molar-refractivity contribution < 1.29 is 14.2 Å². The van der Waals surface area contributed by atoms with E-state index in [1.807, 2.05) is 0 Å². The molecule has 3 rings (SSSR count). The molecule has 0 atom stereocenters. The Morgan fingerprint density at radius 3 is 2.63 bits per heavy atom. The zero-order valence-corrected chi connectivity index (χ0v) is 15.7. The highest BCUT2D eigenvalue weighted by Gasteiger charge is 2.13. The van der Waals surface area contributed by atoms with Crippen LogP contribution in [0.25, 0.3) is 0 Å². The summed E-state index contributed by atoms with van der Waals surface area (Å²) in [7, 11) is 0. The van der Waals surface area contributed by atoms with Gasteiger partial charge < -0.3 is 14.8 Å². The lowest BCUT2D eigenvalue weighted by Gasteiger charge is -2.08. The van der Waals surface area contributed by atoms with Crippen LogP contribution in [0.15, 0.2) is 58.5 Å². The number of ether oxygens (including phenoxy) is 1. The molecule has 2 N–H and O–H groups in total. The molecule has 2 aromatic carbocycles. The van der Waals surface area contributed by atoms with Gasteiger partial charge >= 0.3 is 0 Å². The first-order valence-electron chi connectivity index (χ1n) is 8.09. The first-order chi connectivity index (χ1) is 13.0. The molecule has 27 heavy (non-hydrogen) atoms. The number of H-pyrrole nitrogens is 1. The lowest BCUT2D eigenvalue weighted by molar-refractivity contribution is 0.344. The monoisotopic (exact) mass is 406 g/mol. The minimum Gasteiger partial charge on any atom is -0.493 e. The third-order valence-corrected chi connectivity index (χ3v) is 4.79.